The lowest BCUT2D eigenvalue weighted by Gasteiger charge is -2.10. The Morgan fingerprint density at radius 2 is 2.04 bits per heavy atom. The lowest BCUT2D eigenvalue weighted by atomic mass is 10.0. The first kappa shape index (κ1) is 16.5. The van der Waals surface area contributed by atoms with Crippen molar-refractivity contribution in [3.05, 3.63) is 50.8 Å². The van der Waals surface area contributed by atoms with Crippen molar-refractivity contribution in [3.8, 4) is 0 Å². The highest BCUT2D eigenvalue weighted by Gasteiger charge is 2.19. The Bertz CT molecular complexity index is 791. The Balaban J connectivity index is 2.20. The second-order valence-corrected chi connectivity index (χ2v) is 4.81. The van der Waals surface area contributed by atoms with Gasteiger partial charge in [-0.25, -0.2) is 9.89 Å². The number of rotatable bonds is 6. The van der Waals surface area contributed by atoms with Crippen LogP contribution in [0.1, 0.15) is 51.8 Å². The molecule has 0 saturated heterocycles. The fourth-order valence-electron chi connectivity index (χ4n) is 2.28. The van der Waals surface area contributed by atoms with Crippen LogP contribution in [0.5, 0.6) is 0 Å². The molecule has 1 amide bonds. The van der Waals surface area contributed by atoms with Crippen LogP contribution in [0.25, 0.3) is 0 Å². The molecule has 0 bridgehead atoms. The largest absolute Gasteiger partial charge is 0.475 e. The van der Waals surface area contributed by atoms with E-state index in [9.17, 15) is 14.4 Å². The summed E-state index contributed by atoms with van der Waals surface area (Å²) in [6.45, 7) is 3.72. The summed E-state index contributed by atoms with van der Waals surface area (Å²) in [5, 5.41) is 17.6. The molecule has 8 heteroatoms. The van der Waals surface area contributed by atoms with E-state index < -0.39 is 17.4 Å². The van der Waals surface area contributed by atoms with Crippen LogP contribution in [-0.2, 0) is 19.4 Å². The standard InChI is InChI=1S/C15H17N3O5/c1-3-9-10(4-2)17-18-14(20)12(9)13(19)16-7-8-5-6-11(23-8)15(21)22/h5-6H,3-4,7H2,1-2H3,(H,16,19)(H,18,20)(H,21,22). The first-order valence-electron chi connectivity index (χ1n) is 7.18. The number of aromatic nitrogens is 2. The zero-order valence-electron chi connectivity index (χ0n) is 12.8. The number of furan rings is 1. The number of aromatic carboxylic acids is 1. The van der Waals surface area contributed by atoms with E-state index >= 15 is 0 Å². The molecule has 0 aromatic carbocycles. The molecule has 0 spiro atoms. The number of carboxylic acids is 1. The molecule has 2 aromatic heterocycles. The first-order valence-corrected chi connectivity index (χ1v) is 7.18. The highest BCUT2D eigenvalue weighted by atomic mass is 16.4. The molecule has 3 N–H and O–H groups in total. The average molecular weight is 319 g/mol. The summed E-state index contributed by atoms with van der Waals surface area (Å²) >= 11 is 0. The molecule has 0 aliphatic rings. The number of amides is 1. The molecule has 0 aliphatic carbocycles. The second-order valence-electron chi connectivity index (χ2n) is 4.81. The van der Waals surface area contributed by atoms with Gasteiger partial charge < -0.3 is 14.8 Å². The van der Waals surface area contributed by atoms with Gasteiger partial charge in [0.1, 0.15) is 11.3 Å². The van der Waals surface area contributed by atoms with Crippen molar-refractivity contribution in [1.82, 2.24) is 15.5 Å². The van der Waals surface area contributed by atoms with Crippen molar-refractivity contribution in [2.24, 2.45) is 0 Å². The van der Waals surface area contributed by atoms with Crippen molar-refractivity contribution in [1.29, 1.82) is 0 Å². The van der Waals surface area contributed by atoms with E-state index in [0.29, 0.717) is 24.1 Å². The van der Waals surface area contributed by atoms with E-state index in [1.165, 1.54) is 12.1 Å². The van der Waals surface area contributed by atoms with E-state index in [4.69, 9.17) is 9.52 Å². The van der Waals surface area contributed by atoms with Crippen LogP contribution < -0.4 is 10.9 Å². The molecule has 0 fully saturated rings. The van der Waals surface area contributed by atoms with Gasteiger partial charge in [0, 0.05) is 0 Å². The van der Waals surface area contributed by atoms with Crippen molar-refractivity contribution in [2.75, 3.05) is 0 Å². The quantitative estimate of drug-likeness (QED) is 0.732. The second kappa shape index (κ2) is 6.91. The van der Waals surface area contributed by atoms with Crippen molar-refractivity contribution in [3.63, 3.8) is 0 Å². The van der Waals surface area contributed by atoms with Gasteiger partial charge >= 0.3 is 5.97 Å². The zero-order valence-corrected chi connectivity index (χ0v) is 12.8. The third-order valence-electron chi connectivity index (χ3n) is 3.38. The first-order chi connectivity index (χ1) is 11.0. The Kier molecular flexibility index (Phi) is 4.95. The highest BCUT2D eigenvalue weighted by molar-refractivity contribution is 5.95. The SMILES string of the molecule is CCc1n[nH]c(=O)c(C(=O)NCc2ccc(C(=O)O)o2)c1CC. The number of H-pyrrole nitrogens is 1. The minimum Gasteiger partial charge on any atom is -0.475 e. The number of hydrogen-bond acceptors (Lipinski definition) is 5. The molecule has 8 nitrogen and oxygen atoms in total. The Morgan fingerprint density at radius 1 is 1.30 bits per heavy atom. The van der Waals surface area contributed by atoms with Gasteiger partial charge in [0.05, 0.1) is 12.2 Å². The van der Waals surface area contributed by atoms with Crippen LogP contribution in [0.15, 0.2) is 21.3 Å². The van der Waals surface area contributed by atoms with Gasteiger partial charge in [-0.3, -0.25) is 9.59 Å². The molecule has 2 aromatic rings. The third kappa shape index (κ3) is 3.47. The maximum Gasteiger partial charge on any atom is 0.371 e. The number of hydrogen-bond donors (Lipinski definition) is 3. The Labute approximate surface area is 131 Å². The van der Waals surface area contributed by atoms with Gasteiger partial charge in [0.15, 0.2) is 0 Å². The molecule has 0 atom stereocenters. The van der Waals surface area contributed by atoms with Gasteiger partial charge in [-0.1, -0.05) is 13.8 Å². The number of carboxylic acid groups (broad SMARTS) is 1. The average Bonchev–Trinajstić information content (AvgIpc) is 3.01. The van der Waals surface area contributed by atoms with Crippen molar-refractivity contribution in [2.45, 2.75) is 33.2 Å². The summed E-state index contributed by atoms with van der Waals surface area (Å²) in [5.41, 5.74) is 0.759. The molecule has 2 rings (SSSR count). The van der Waals surface area contributed by atoms with Gasteiger partial charge in [0.25, 0.3) is 11.5 Å². The van der Waals surface area contributed by atoms with Crippen molar-refractivity contribution < 1.29 is 19.1 Å². The lowest BCUT2D eigenvalue weighted by Crippen LogP contribution is -2.32. The minimum absolute atomic E-state index is 0.0154. The summed E-state index contributed by atoms with van der Waals surface area (Å²) in [7, 11) is 0. The molecule has 23 heavy (non-hydrogen) atoms. The molecule has 2 heterocycles. The minimum atomic E-state index is -1.19. The predicted molar refractivity (Wildman–Crippen MR) is 80.5 cm³/mol. The van der Waals surface area contributed by atoms with Crippen LogP contribution in [0.2, 0.25) is 0 Å². The number of carbonyl (C=O) groups is 2. The topological polar surface area (TPSA) is 125 Å². The number of aromatic amines is 1. The molecule has 122 valence electrons. The van der Waals surface area contributed by atoms with Crippen LogP contribution in [0.3, 0.4) is 0 Å². The van der Waals surface area contributed by atoms with Gasteiger partial charge in [-0.15, -0.1) is 0 Å². The van der Waals surface area contributed by atoms with Crippen LogP contribution in [0, 0.1) is 0 Å². The van der Waals surface area contributed by atoms with E-state index in [1.807, 2.05) is 13.8 Å². The maximum absolute atomic E-state index is 12.3. The maximum atomic E-state index is 12.3. The van der Waals surface area contributed by atoms with E-state index in [2.05, 4.69) is 15.5 Å². The Hall–Kier alpha value is -2.90. The zero-order chi connectivity index (χ0) is 17.0. The summed E-state index contributed by atoms with van der Waals surface area (Å²) in [6.07, 6.45) is 1.10. The normalized spacial score (nSPS) is 10.5. The van der Waals surface area contributed by atoms with Crippen LogP contribution >= 0.6 is 0 Å². The fourth-order valence-corrected chi connectivity index (χ4v) is 2.28. The highest BCUT2D eigenvalue weighted by Crippen LogP contribution is 2.11. The number of nitrogens with one attached hydrogen (secondary N) is 2. The molecule has 0 unspecified atom stereocenters. The van der Waals surface area contributed by atoms with E-state index in [1.54, 1.807) is 0 Å². The van der Waals surface area contributed by atoms with E-state index in [-0.39, 0.29) is 23.6 Å². The molecule has 0 aliphatic heterocycles. The van der Waals surface area contributed by atoms with Gasteiger partial charge in [-0.2, -0.15) is 5.10 Å². The molecular weight excluding hydrogens is 302 g/mol. The monoisotopic (exact) mass is 319 g/mol. The number of nitrogens with zero attached hydrogens (tertiary/aromatic N) is 1. The third-order valence-corrected chi connectivity index (χ3v) is 3.38. The molecule has 0 radical (unpaired) electrons. The van der Waals surface area contributed by atoms with Gasteiger partial charge in [-0.05, 0) is 30.5 Å². The smallest absolute Gasteiger partial charge is 0.371 e. The summed E-state index contributed by atoms with van der Waals surface area (Å²) in [6, 6.07) is 2.76. The number of aryl methyl sites for hydroxylation is 1. The van der Waals surface area contributed by atoms with Crippen LogP contribution in [-0.4, -0.2) is 27.2 Å². The molecule has 0 saturated carbocycles. The molecular formula is C15H17N3O5. The Morgan fingerprint density at radius 3 is 2.61 bits per heavy atom. The fraction of sp³-hybridized carbons (Fsp3) is 0.333. The van der Waals surface area contributed by atoms with Gasteiger partial charge in [0.2, 0.25) is 5.76 Å². The lowest BCUT2D eigenvalue weighted by molar-refractivity contribution is 0.0660. The van der Waals surface area contributed by atoms with Crippen molar-refractivity contribution >= 4 is 11.9 Å². The van der Waals surface area contributed by atoms with E-state index in [0.717, 1.165) is 0 Å². The summed E-state index contributed by atoms with van der Waals surface area (Å²) in [4.78, 5) is 35.0. The summed E-state index contributed by atoms with van der Waals surface area (Å²) < 4.78 is 5.05. The summed E-state index contributed by atoms with van der Waals surface area (Å²) in [5.74, 6) is -1.66. The van der Waals surface area contributed by atoms with Crippen LogP contribution in [0.4, 0.5) is 0 Å². The number of carbonyl (C=O) groups excluding carboxylic acids is 1. The predicted octanol–water partition coefficient (Wildman–Crippen LogP) is 1.12.